The minimum Gasteiger partial charge on any atom is -0.381 e. The van der Waals surface area contributed by atoms with E-state index in [0.29, 0.717) is 0 Å². The van der Waals surface area contributed by atoms with Gasteiger partial charge >= 0.3 is 0 Å². The Labute approximate surface area is 120 Å². The molecule has 1 unspecified atom stereocenters. The molecule has 0 radical (unpaired) electrons. The van der Waals surface area contributed by atoms with Crippen LogP contribution in [0.2, 0.25) is 0 Å². The van der Waals surface area contributed by atoms with Crippen LogP contribution in [-0.2, 0) is 11.3 Å². The highest BCUT2D eigenvalue weighted by atomic mass is 16.5. The molecule has 2 aromatic rings. The molecule has 0 bridgehead atoms. The standard InChI is InChI=1S/C17H22N2O/c1-19(9-6-14-7-10-20-13-14)12-16-4-2-3-15-11-18-8-5-17(15)16/h2-5,8,11,14H,6-7,9-10,12-13H2,1H3. The predicted molar refractivity (Wildman–Crippen MR) is 81.6 cm³/mol. The van der Waals surface area contributed by atoms with E-state index in [1.165, 1.54) is 29.2 Å². The Kier molecular flexibility index (Phi) is 4.28. The molecule has 3 rings (SSSR count). The van der Waals surface area contributed by atoms with Crippen molar-refractivity contribution in [1.29, 1.82) is 0 Å². The van der Waals surface area contributed by atoms with Gasteiger partial charge in [-0.05, 0) is 49.4 Å². The van der Waals surface area contributed by atoms with Crippen molar-refractivity contribution in [2.24, 2.45) is 5.92 Å². The summed E-state index contributed by atoms with van der Waals surface area (Å²) in [6.45, 7) is 4.03. The van der Waals surface area contributed by atoms with Crippen LogP contribution >= 0.6 is 0 Å². The molecule has 20 heavy (non-hydrogen) atoms. The van der Waals surface area contributed by atoms with Crippen LogP contribution in [0, 0.1) is 5.92 Å². The van der Waals surface area contributed by atoms with Crippen LogP contribution in [0.5, 0.6) is 0 Å². The Morgan fingerprint density at radius 1 is 1.35 bits per heavy atom. The molecule has 0 N–H and O–H groups in total. The van der Waals surface area contributed by atoms with E-state index in [0.717, 1.165) is 32.2 Å². The van der Waals surface area contributed by atoms with Gasteiger partial charge in [-0.1, -0.05) is 18.2 Å². The zero-order valence-electron chi connectivity index (χ0n) is 12.1. The summed E-state index contributed by atoms with van der Waals surface area (Å²) in [6, 6.07) is 8.58. The van der Waals surface area contributed by atoms with E-state index < -0.39 is 0 Å². The largest absolute Gasteiger partial charge is 0.381 e. The molecule has 0 spiro atoms. The third-order valence-electron chi connectivity index (χ3n) is 4.15. The van der Waals surface area contributed by atoms with E-state index in [9.17, 15) is 0 Å². The highest BCUT2D eigenvalue weighted by Crippen LogP contribution is 2.20. The number of hydrogen-bond acceptors (Lipinski definition) is 3. The quantitative estimate of drug-likeness (QED) is 0.835. The van der Waals surface area contributed by atoms with Gasteiger partial charge in [-0.2, -0.15) is 0 Å². The number of ether oxygens (including phenoxy) is 1. The lowest BCUT2D eigenvalue weighted by Gasteiger charge is -2.19. The summed E-state index contributed by atoms with van der Waals surface area (Å²) in [7, 11) is 2.20. The van der Waals surface area contributed by atoms with Crippen molar-refractivity contribution in [2.45, 2.75) is 19.4 Å². The molecule has 2 heterocycles. The zero-order valence-corrected chi connectivity index (χ0v) is 12.1. The maximum absolute atomic E-state index is 5.44. The summed E-state index contributed by atoms with van der Waals surface area (Å²) in [6.07, 6.45) is 6.28. The number of hydrogen-bond donors (Lipinski definition) is 0. The maximum Gasteiger partial charge on any atom is 0.0495 e. The first-order valence-electron chi connectivity index (χ1n) is 7.41. The van der Waals surface area contributed by atoms with Crippen LogP contribution in [0.3, 0.4) is 0 Å². The van der Waals surface area contributed by atoms with Crippen molar-refractivity contribution in [1.82, 2.24) is 9.88 Å². The Morgan fingerprint density at radius 3 is 3.15 bits per heavy atom. The molecule has 3 nitrogen and oxygen atoms in total. The Bertz CT molecular complexity index is 558. The maximum atomic E-state index is 5.44. The van der Waals surface area contributed by atoms with Crippen molar-refractivity contribution in [3.05, 3.63) is 42.2 Å². The lowest BCUT2D eigenvalue weighted by molar-refractivity contribution is 0.180. The topological polar surface area (TPSA) is 25.4 Å². The SMILES string of the molecule is CN(CCC1CCOC1)Cc1cccc2cnccc12. The van der Waals surface area contributed by atoms with Gasteiger partial charge in [0, 0.05) is 37.5 Å². The smallest absolute Gasteiger partial charge is 0.0495 e. The summed E-state index contributed by atoms with van der Waals surface area (Å²) in [5.74, 6) is 0.758. The van der Waals surface area contributed by atoms with Crippen LogP contribution in [0.15, 0.2) is 36.7 Å². The molecule has 0 aliphatic carbocycles. The number of aromatic nitrogens is 1. The lowest BCUT2D eigenvalue weighted by atomic mass is 10.0. The average molecular weight is 270 g/mol. The Hall–Kier alpha value is -1.45. The van der Waals surface area contributed by atoms with Gasteiger partial charge in [0.25, 0.3) is 0 Å². The van der Waals surface area contributed by atoms with Gasteiger partial charge in [-0.3, -0.25) is 4.98 Å². The van der Waals surface area contributed by atoms with Crippen LogP contribution in [0.4, 0.5) is 0 Å². The summed E-state index contributed by atoms with van der Waals surface area (Å²) in [5.41, 5.74) is 1.38. The van der Waals surface area contributed by atoms with Gasteiger partial charge in [0.15, 0.2) is 0 Å². The average Bonchev–Trinajstić information content (AvgIpc) is 2.99. The molecule has 1 aliphatic rings. The monoisotopic (exact) mass is 270 g/mol. The fourth-order valence-corrected chi connectivity index (χ4v) is 2.91. The Morgan fingerprint density at radius 2 is 2.30 bits per heavy atom. The van der Waals surface area contributed by atoms with Crippen LogP contribution < -0.4 is 0 Å². The van der Waals surface area contributed by atoms with Gasteiger partial charge in [0.2, 0.25) is 0 Å². The molecule has 1 aromatic carbocycles. The van der Waals surface area contributed by atoms with Crippen LogP contribution in [0.1, 0.15) is 18.4 Å². The number of rotatable bonds is 5. The number of benzene rings is 1. The summed E-state index contributed by atoms with van der Waals surface area (Å²) < 4.78 is 5.44. The second kappa shape index (κ2) is 6.33. The van der Waals surface area contributed by atoms with Gasteiger partial charge < -0.3 is 9.64 Å². The fourth-order valence-electron chi connectivity index (χ4n) is 2.91. The molecule has 1 fully saturated rings. The third kappa shape index (κ3) is 3.17. The van der Waals surface area contributed by atoms with Crippen molar-refractivity contribution in [3.63, 3.8) is 0 Å². The summed E-state index contributed by atoms with van der Waals surface area (Å²) in [4.78, 5) is 6.60. The first kappa shape index (κ1) is 13.5. The summed E-state index contributed by atoms with van der Waals surface area (Å²) >= 11 is 0. The molecule has 1 saturated heterocycles. The van der Waals surface area contributed by atoms with E-state index in [2.05, 4.69) is 41.2 Å². The second-order valence-corrected chi connectivity index (χ2v) is 5.77. The van der Waals surface area contributed by atoms with Crippen LogP contribution in [-0.4, -0.2) is 36.7 Å². The molecule has 106 valence electrons. The van der Waals surface area contributed by atoms with Crippen molar-refractivity contribution < 1.29 is 4.74 Å². The molecule has 1 aromatic heterocycles. The number of pyridine rings is 1. The normalized spacial score (nSPS) is 19.0. The van der Waals surface area contributed by atoms with Crippen molar-refractivity contribution in [2.75, 3.05) is 26.8 Å². The van der Waals surface area contributed by atoms with Crippen molar-refractivity contribution in [3.8, 4) is 0 Å². The zero-order chi connectivity index (χ0) is 13.8. The van der Waals surface area contributed by atoms with Gasteiger partial charge in [-0.15, -0.1) is 0 Å². The minimum absolute atomic E-state index is 0.758. The molecule has 1 aliphatic heterocycles. The van der Waals surface area contributed by atoms with E-state index in [1.54, 1.807) is 0 Å². The van der Waals surface area contributed by atoms with Gasteiger partial charge in [0.1, 0.15) is 0 Å². The minimum atomic E-state index is 0.758. The van der Waals surface area contributed by atoms with Crippen LogP contribution in [0.25, 0.3) is 10.8 Å². The molecule has 1 atom stereocenters. The third-order valence-corrected chi connectivity index (χ3v) is 4.15. The predicted octanol–water partition coefficient (Wildman–Crippen LogP) is 3.09. The Balaban J connectivity index is 1.63. The highest BCUT2D eigenvalue weighted by Gasteiger charge is 2.16. The van der Waals surface area contributed by atoms with Gasteiger partial charge in [-0.25, -0.2) is 0 Å². The second-order valence-electron chi connectivity index (χ2n) is 5.77. The first-order chi connectivity index (χ1) is 9.83. The van der Waals surface area contributed by atoms with E-state index in [1.807, 2.05) is 12.4 Å². The molecule has 0 saturated carbocycles. The van der Waals surface area contributed by atoms with E-state index >= 15 is 0 Å². The highest BCUT2D eigenvalue weighted by molar-refractivity contribution is 5.84. The van der Waals surface area contributed by atoms with Gasteiger partial charge in [0.05, 0.1) is 0 Å². The number of fused-ring (bicyclic) bond motifs is 1. The van der Waals surface area contributed by atoms with E-state index in [4.69, 9.17) is 4.74 Å². The summed E-state index contributed by atoms with van der Waals surface area (Å²) in [5, 5.41) is 2.54. The first-order valence-corrected chi connectivity index (χ1v) is 7.41. The lowest BCUT2D eigenvalue weighted by Crippen LogP contribution is -2.21. The molecular weight excluding hydrogens is 248 g/mol. The fraction of sp³-hybridized carbons (Fsp3) is 0.471. The molecule has 3 heteroatoms. The molecular formula is C17H22N2O. The van der Waals surface area contributed by atoms with E-state index in [-0.39, 0.29) is 0 Å². The van der Waals surface area contributed by atoms with Crippen molar-refractivity contribution >= 4 is 10.8 Å². The number of nitrogens with zero attached hydrogens (tertiary/aromatic N) is 2. The molecule has 0 amide bonds.